The van der Waals surface area contributed by atoms with Crippen molar-refractivity contribution in [1.82, 2.24) is 14.8 Å². The molecular formula is C44H56N4O3S. The van der Waals surface area contributed by atoms with Crippen molar-refractivity contribution < 1.29 is 14.3 Å². The van der Waals surface area contributed by atoms with Gasteiger partial charge in [0, 0.05) is 62.5 Å². The first-order chi connectivity index (χ1) is 25.1. The molecule has 3 aromatic carbocycles. The van der Waals surface area contributed by atoms with Gasteiger partial charge in [-0.05, 0) is 88.9 Å². The number of aromatic nitrogens is 1. The van der Waals surface area contributed by atoms with Crippen molar-refractivity contribution >= 4 is 29.4 Å². The van der Waals surface area contributed by atoms with Crippen LogP contribution in [-0.4, -0.2) is 72.3 Å². The molecule has 3 heterocycles. The summed E-state index contributed by atoms with van der Waals surface area (Å²) in [5.41, 5.74) is 8.89. The molecule has 0 radical (unpaired) electrons. The number of piperazine rings is 1. The van der Waals surface area contributed by atoms with Crippen molar-refractivity contribution in [3.8, 4) is 17.4 Å². The van der Waals surface area contributed by atoms with Crippen LogP contribution in [0.3, 0.4) is 0 Å². The number of likely N-dealkylation sites (N-methyl/N-ethyl adjacent to an activating group) is 1. The second-order valence-corrected chi connectivity index (χ2v) is 15.1. The standard InChI is InChI=1S/C23H27N3OS.C21H29NO2/c1-24-11-13-25(14-12-24)21-10-6-5-9-20(21)17-22-23(27)26(15-16-28-22)18-19-7-3-2-4-8-19;1-8-18(9-2)23-19-12-16(6)22-21(17(19)7)24-20-14(4)10-13(3)11-15(20)5/h2-10,17H,11-16,18H2,1H3;10-12,18H,8-9H2,1-7H3/b22-17-;. The highest BCUT2D eigenvalue weighted by Gasteiger charge is 2.25. The molecule has 1 aromatic heterocycles. The number of carbonyl (C=O) groups excluding carboxylic acids is 1. The van der Waals surface area contributed by atoms with Crippen LogP contribution in [0.2, 0.25) is 0 Å². The summed E-state index contributed by atoms with van der Waals surface area (Å²) in [6.07, 6.45) is 4.30. The minimum atomic E-state index is 0.147. The van der Waals surface area contributed by atoms with E-state index in [0.29, 0.717) is 12.4 Å². The minimum Gasteiger partial charge on any atom is -0.490 e. The Morgan fingerprint density at radius 2 is 1.50 bits per heavy atom. The molecular weight excluding hydrogens is 665 g/mol. The van der Waals surface area contributed by atoms with Gasteiger partial charge in [-0.2, -0.15) is 0 Å². The van der Waals surface area contributed by atoms with Gasteiger partial charge in [-0.25, -0.2) is 4.98 Å². The quantitative estimate of drug-likeness (QED) is 0.151. The molecule has 2 saturated heterocycles. The Labute approximate surface area is 316 Å². The number of rotatable bonds is 10. The van der Waals surface area contributed by atoms with Gasteiger partial charge in [-0.15, -0.1) is 11.8 Å². The lowest BCUT2D eigenvalue weighted by Crippen LogP contribution is -2.44. The van der Waals surface area contributed by atoms with Crippen molar-refractivity contribution in [3.05, 3.63) is 117 Å². The molecule has 2 aliphatic heterocycles. The van der Waals surface area contributed by atoms with Gasteiger partial charge in [0.15, 0.2) is 0 Å². The first-order valence-corrected chi connectivity index (χ1v) is 19.7. The van der Waals surface area contributed by atoms with E-state index in [2.05, 4.69) is 111 Å². The Hall–Kier alpha value is -4.27. The topological polar surface area (TPSA) is 58.1 Å². The maximum atomic E-state index is 13.1. The Morgan fingerprint density at radius 3 is 2.17 bits per heavy atom. The smallest absolute Gasteiger partial charge is 0.260 e. The van der Waals surface area contributed by atoms with Gasteiger partial charge >= 0.3 is 0 Å². The van der Waals surface area contributed by atoms with Crippen LogP contribution in [0.1, 0.15) is 65.8 Å². The Morgan fingerprint density at radius 1 is 0.846 bits per heavy atom. The molecule has 0 saturated carbocycles. The number of thioether (sulfide) groups is 1. The zero-order chi connectivity index (χ0) is 37.2. The second-order valence-electron chi connectivity index (χ2n) is 14.0. The molecule has 1 amide bonds. The molecule has 4 aromatic rings. The number of carbonyl (C=O) groups is 1. The van der Waals surface area contributed by atoms with E-state index in [9.17, 15) is 4.79 Å². The number of ether oxygens (including phenoxy) is 2. The summed E-state index contributed by atoms with van der Waals surface area (Å²) in [7, 11) is 2.17. The average Bonchev–Trinajstić information content (AvgIpc) is 3.13. The lowest BCUT2D eigenvalue weighted by molar-refractivity contribution is -0.126. The molecule has 0 spiro atoms. The Balaban J connectivity index is 0.000000204. The maximum absolute atomic E-state index is 13.1. The van der Waals surface area contributed by atoms with Crippen LogP contribution in [0, 0.1) is 34.6 Å². The van der Waals surface area contributed by atoms with Crippen LogP contribution in [0.4, 0.5) is 5.69 Å². The monoisotopic (exact) mass is 720 g/mol. The summed E-state index contributed by atoms with van der Waals surface area (Å²) >= 11 is 1.68. The van der Waals surface area contributed by atoms with Crippen LogP contribution in [-0.2, 0) is 11.3 Å². The number of aryl methyl sites for hydroxylation is 4. The number of amides is 1. The lowest BCUT2D eigenvalue weighted by atomic mass is 10.1. The number of para-hydroxylation sites is 1. The van der Waals surface area contributed by atoms with Gasteiger partial charge in [0.1, 0.15) is 11.5 Å². The molecule has 2 fully saturated rings. The molecule has 52 heavy (non-hydrogen) atoms. The molecule has 0 N–H and O–H groups in total. The molecule has 2 aliphatic rings. The van der Waals surface area contributed by atoms with Crippen molar-refractivity contribution in [2.24, 2.45) is 0 Å². The highest BCUT2D eigenvalue weighted by molar-refractivity contribution is 8.04. The van der Waals surface area contributed by atoms with Gasteiger partial charge < -0.3 is 24.2 Å². The summed E-state index contributed by atoms with van der Waals surface area (Å²) in [6.45, 7) is 20.2. The van der Waals surface area contributed by atoms with E-state index < -0.39 is 0 Å². The van der Waals surface area contributed by atoms with Crippen molar-refractivity contribution in [3.63, 3.8) is 0 Å². The van der Waals surface area contributed by atoms with Gasteiger partial charge in [-0.1, -0.05) is 80.1 Å². The first-order valence-electron chi connectivity index (χ1n) is 18.7. The Bertz CT molecular complexity index is 1810. The van der Waals surface area contributed by atoms with Crippen LogP contribution in [0.25, 0.3) is 6.08 Å². The minimum absolute atomic E-state index is 0.147. The van der Waals surface area contributed by atoms with E-state index >= 15 is 0 Å². The first kappa shape index (κ1) is 38.9. The highest BCUT2D eigenvalue weighted by atomic mass is 32.2. The van der Waals surface area contributed by atoms with Crippen LogP contribution >= 0.6 is 11.8 Å². The van der Waals surface area contributed by atoms with Crippen molar-refractivity contribution in [2.75, 3.05) is 50.4 Å². The third kappa shape index (κ3) is 10.2. The zero-order valence-corrected chi connectivity index (χ0v) is 33.2. The van der Waals surface area contributed by atoms with Gasteiger partial charge in [0.2, 0.25) is 5.88 Å². The van der Waals surface area contributed by atoms with Gasteiger partial charge in [-0.3, -0.25) is 4.79 Å². The van der Waals surface area contributed by atoms with Crippen molar-refractivity contribution in [1.29, 1.82) is 0 Å². The van der Waals surface area contributed by atoms with E-state index in [1.54, 1.807) is 11.8 Å². The summed E-state index contributed by atoms with van der Waals surface area (Å²) in [4.78, 5) is 25.3. The summed E-state index contributed by atoms with van der Waals surface area (Å²) in [5, 5.41) is 0. The molecule has 0 aliphatic carbocycles. The molecule has 6 rings (SSSR count). The number of benzene rings is 3. The third-order valence-corrected chi connectivity index (χ3v) is 10.7. The molecule has 0 bridgehead atoms. The summed E-state index contributed by atoms with van der Waals surface area (Å²) < 4.78 is 12.4. The SMILES string of the molecule is CCC(CC)Oc1cc(C)nc(Oc2c(C)cc(C)cc2C)c1C.CN1CCN(c2ccccc2/C=C2\SCCN(Cc3ccccc3)C2=O)CC1. The van der Waals surface area contributed by atoms with Crippen molar-refractivity contribution in [2.45, 2.75) is 74.0 Å². The van der Waals surface area contributed by atoms with E-state index in [0.717, 1.165) is 95.7 Å². The maximum Gasteiger partial charge on any atom is 0.260 e. The fraction of sp³-hybridized carbons (Fsp3) is 0.409. The van der Waals surface area contributed by atoms with E-state index in [-0.39, 0.29) is 12.0 Å². The number of nitrogens with zero attached hydrogens (tertiary/aromatic N) is 4. The number of pyridine rings is 1. The summed E-state index contributed by atoms with van der Waals surface area (Å²) in [5.74, 6) is 3.48. The summed E-state index contributed by atoms with van der Waals surface area (Å²) in [6, 6.07) is 25.0. The predicted molar refractivity (Wildman–Crippen MR) is 218 cm³/mol. The van der Waals surface area contributed by atoms with Crippen LogP contribution in [0.5, 0.6) is 17.4 Å². The number of anilines is 1. The fourth-order valence-corrected chi connectivity index (χ4v) is 7.68. The lowest BCUT2D eigenvalue weighted by Gasteiger charge is -2.35. The van der Waals surface area contributed by atoms with E-state index in [1.807, 2.05) is 43.0 Å². The highest BCUT2D eigenvalue weighted by Crippen LogP contribution is 2.35. The van der Waals surface area contributed by atoms with Crippen LogP contribution < -0.4 is 14.4 Å². The van der Waals surface area contributed by atoms with Gasteiger partial charge in [0.25, 0.3) is 5.91 Å². The van der Waals surface area contributed by atoms with Crippen LogP contribution in [0.15, 0.2) is 77.7 Å². The third-order valence-electron chi connectivity index (χ3n) is 9.72. The Kier molecular flexibility index (Phi) is 13.8. The zero-order valence-electron chi connectivity index (χ0n) is 32.4. The molecule has 276 valence electrons. The predicted octanol–water partition coefficient (Wildman–Crippen LogP) is 9.54. The molecule has 7 nitrogen and oxygen atoms in total. The van der Waals surface area contributed by atoms with Gasteiger partial charge in [0.05, 0.1) is 16.6 Å². The molecule has 0 atom stereocenters. The average molecular weight is 721 g/mol. The fourth-order valence-electron chi connectivity index (χ4n) is 6.69. The molecule has 0 unspecified atom stereocenters. The van der Waals surface area contributed by atoms with E-state index in [4.69, 9.17) is 9.47 Å². The molecule has 8 heteroatoms. The largest absolute Gasteiger partial charge is 0.490 e. The number of hydrogen-bond acceptors (Lipinski definition) is 7. The second kappa shape index (κ2) is 18.5. The van der Waals surface area contributed by atoms with E-state index in [1.165, 1.54) is 16.8 Å². The normalized spacial score (nSPS) is 15.9. The number of hydrogen-bond donors (Lipinski definition) is 0.